The fourth-order valence-corrected chi connectivity index (χ4v) is 1.76. The van der Waals surface area contributed by atoms with E-state index in [1.807, 2.05) is 30.3 Å². The molecule has 1 aromatic carbocycles. The summed E-state index contributed by atoms with van der Waals surface area (Å²) < 4.78 is 0. The zero-order valence-corrected chi connectivity index (χ0v) is 12.3. The minimum Gasteiger partial charge on any atom is -0.351 e. The van der Waals surface area contributed by atoms with Crippen molar-refractivity contribution in [1.29, 1.82) is 0 Å². The van der Waals surface area contributed by atoms with Gasteiger partial charge in [-0.05, 0) is 30.5 Å². The van der Waals surface area contributed by atoms with Crippen LogP contribution in [0.5, 0.6) is 0 Å². The molecule has 0 aliphatic rings. The number of anilines is 2. The van der Waals surface area contributed by atoms with E-state index in [4.69, 9.17) is 0 Å². The molecule has 0 bridgehead atoms. The third-order valence-corrected chi connectivity index (χ3v) is 2.93. The van der Waals surface area contributed by atoms with Gasteiger partial charge >= 0.3 is 0 Å². The monoisotopic (exact) mass is 284 g/mol. The van der Waals surface area contributed by atoms with Crippen LogP contribution in [-0.2, 0) is 0 Å². The topological polar surface area (TPSA) is 66.9 Å². The molecule has 1 amide bonds. The Morgan fingerprint density at radius 3 is 2.67 bits per heavy atom. The van der Waals surface area contributed by atoms with E-state index in [1.165, 1.54) is 0 Å². The van der Waals surface area contributed by atoms with Crippen LogP contribution in [0.4, 0.5) is 11.6 Å². The number of para-hydroxylation sites is 1. The summed E-state index contributed by atoms with van der Waals surface area (Å²) in [5, 5.41) is 5.94. The Kier molecular flexibility index (Phi) is 5.26. The van der Waals surface area contributed by atoms with E-state index >= 15 is 0 Å². The van der Waals surface area contributed by atoms with Gasteiger partial charge < -0.3 is 10.6 Å². The van der Waals surface area contributed by atoms with E-state index in [0.29, 0.717) is 24.1 Å². The lowest BCUT2D eigenvalue weighted by Gasteiger charge is -2.08. The summed E-state index contributed by atoms with van der Waals surface area (Å²) in [6.45, 7) is 4.90. The number of carbonyl (C=O) groups excluding carboxylic acids is 1. The molecule has 1 aromatic heterocycles. The van der Waals surface area contributed by atoms with Crippen LogP contribution in [0.2, 0.25) is 0 Å². The number of benzene rings is 1. The summed E-state index contributed by atoms with van der Waals surface area (Å²) in [6.07, 6.45) is 2.53. The maximum atomic E-state index is 12.0. The molecule has 0 aliphatic heterocycles. The quantitative estimate of drug-likeness (QED) is 0.855. The standard InChI is InChI=1S/C16H20N4O/c1-12(2)8-10-17-15(21)14-9-11-18-16(20-14)19-13-6-4-3-5-7-13/h3-7,9,11-12H,8,10H2,1-2H3,(H,17,21)(H,18,19,20). The summed E-state index contributed by atoms with van der Waals surface area (Å²) in [4.78, 5) is 20.4. The van der Waals surface area contributed by atoms with Crippen LogP contribution in [0, 0.1) is 5.92 Å². The number of nitrogens with zero attached hydrogens (tertiary/aromatic N) is 2. The van der Waals surface area contributed by atoms with Gasteiger partial charge in [0, 0.05) is 18.4 Å². The zero-order valence-electron chi connectivity index (χ0n) is 12.3. The van der Waals surface area contributed by atoms with Gasteiger partial charge in [0.1, 0.15) is 5.69 Å². The van der Waals surface area contributed by atoms with Crippen molar-refractivity contribution in [3.63, 3.8) is 0 Å². The Labute approximate surface area is 124 Å². The summed E-state index contributed by atoms with van der Waals surface area (Å²) in [5.74, 6) is 0.804. The predicted octanol–water partition coefficient (Wildman–Crippen LogP) is 3.00. The SMILES string of the molecule is CC(C)CCNC(=O)c1ccnc(Nc2ccccc2)n1. The molecule has 0 atom stereocenters. The lowest BCUT2D eigenvalue weighted by molar-refractivity contribution is 0.0947. The highest BCUT2D eigenvalue weighted by atomic mass is 16.1. The summed E-state index contributed by atoms with van der Waals surface area (Å²) in [5.41, 5.74) is 1.25. The molecular weight excluding hydrogens is 264 g/mol. The molecule has 0 radical (unpaired) electrons. The Hall–Kier alpha value is -2.43. The second kappa shape index (κ2) is 7.38. The van der Waals surface area contributed by atoms with Gasteiger partial charge in [0.15, 0.2) is 0 Å². The van der Waals surface area contributed by atoms with E-state index in [2.05, 4.69) is 34.4 Å². The first-order valence-electron chi connectivity index (χ1n) is 7.08. The number of nitrogens with one attached hydrogen (secondary N) is 2. The number of hydrogen-bond acceptors (Lipinski definition) is 4. The van der Waals surface area contributed by atoms with Crippen molar-refractivity contribution in [2.24, 2.45) is 5.92 Å². The number of amides is 1. The molecule has 1 heterocycles. The number of hydrogen-bond donors (Lipinski definition) is 2. The summed E-state index contributed by atoms with van der Waals surface area (Å²) >= 11 is 0. The normalized spacial score (nSPS) is 10.4. The summed E-state index contributed by atoms with van der Waals surface area (Å²) in [6, 6.07) is 11.2. The molecule has 0 saturated carbocycles. The van der Waals surface area contributed by atoms with Crippen molar-refractivity contribution < 1.29 is 4.79 Å². The fraction of sp³-hybridized carbons (Fsp3) is 0.312. The maximum Gasteiger partial charge on any atom is 0.270 e. The second-order valence-corrected chi connectivity index (χ2v) is 5.19. The highest BCUT2D eigenvalue weighted by Crippen LogP contribution is 2.11. The Balaban J connectivity index is 1.98. The Morgan fingerprint density at radius 2 is 1.95 bits per heavy atom. The van der Waals surface area contributed by atoms with Gasteiger partial charge in [0.25, 0.3) is 5.91 Å². The van der Waals surface area contributed by atoms with E-state index in [1.54, 1.807) is 12.3 Å². The maximum absolute atomic E-state index is 12.0. The molecule has 0 unspecified atom stereocenters. The average molecular weight is 284 g/mol. The third kappa shape index (κ3) is 4.87. The van der Waals surface area contributed by atoms with Crippen molar-refractivity contribution >= 4 is 17.5 Å². The predicted molar refractivity (Wildman–Crippen MR) is 83.5 cm³/mol. The van der Waals surface area contributed by atoms with Crippen LogP contribution in [0.3, 0.4) is 0 Å². The van der Waals surface area contributed by atoms with Crippen LogP contribution in [0.25, 0.3) is 0 Å². The first kappa shape index (κ1) is 15.0. The molecule has 2 rings (SSSR count). The number of aromatic nitrogens is 2. The average Bonchev–Trinajstić information content (AvgIpc) is 2.48. The van der Waals surface area contributed by atoms with E-state index in [0.717, 1.165) is 12.1 Å². The van der Waals surface area contributed by atoms with Crippen molar-refractivity contribution in [2.75, 3.05) is 11.9 Å². The van der Waals surface area contributed by atoms with Crippen LogP contribution in [-0.4, -0.2) is 22.4 Å². The van der Waals surface area contributed by atoms with Crippen molar-refractivity contribution in [3.05, 3.63) is 48.3 Å². The molecule has 0 saturated heterocycles. The molecule has 2 N–H and O–H groups in total. The molecule has 110 valence electrons. The zero-order chi connectivity index (χ0) is 15.1. The van der Waals surface area contributed by atoms with Crippen LogP contribution in [0.1, 0.15) is 30.8 Å². The van der Waals surface area contributed by atoms with Crippen molar-refractivity contribution in [1.82, 2.24) is 15.3 Å². The smallest absolute Gasteiger partial charge is 0.270 e. The molecule has 2 aromatic rings. The van der Waals surface area contributed by atoms with Crippen LogP contribution < -0.4 is 10.6 Å². The molecular formula is C16H20N4O. The molecule has 0 spiro atoms. The highest BCUT2D eigenvalue weighted by molar-refractivity contribution is 5.92. The summed E-state index contributed by atoms with van der Waals surface area (Å²) in [7, 11) is 0. The minimum atomic E-state index is -0.172. The Morgan fingerprint density at radius 1 is 1.19 bits per heavy atom. The van der Waals surface area contributed by atoms with Gasteiger partial charge in [0.05, 0.1) is 0 Å². The van der Waals surface area contributed by atoms with Gasteiger partial charge in [-0.25, -0.2) is 9.97 Å². The second-order valence-electron chi connectivity index (χ2n) is 5.19. The highest BCUT2D eigenvalue weighted by Gasteiger charge is 2.08. The lowest BCUT2D eigenvalue weighted by Crippen LogP contribution is -2.26. The van der Waals surface area contributed by atoms with E-state index in [9.17, 15) is 4.79 Å². The number of carbonyl (C=O) groups is 1. The van der Waals surface area contributed by atoms with Crippen LogP contribution in [0.15, 0.2) is 42.6 Å². The van der Waals surface area contributed by atoms with Crippen LogP contribution >= 0.6 is 0 Å². The van der Waals surface area contributed by atoms with Gasteiger partial charge in [0.2, 0.25) is 5.95 Å². The Bertz CT molecular complexity index is 584. The molecule has 5 heteroatoms. The van der Waals surface area contributed by atoms with E-state index in [-0.39, 0.29) is 5.91 Å². The number of rotatable bonds is 6. The van der Waals surface area contributed by atoms with Crippen molar-refractivity contribution in [3.8, 4) is 0 Å². The first-order valence-corrected chi connectivity index (χ1v) is 7.08. The molecule has 0 aliphatic carbocycles. The molecule has 21 heavy (non-hydrogen) atoms. The van der Waals surface area contributed by atoms with E-state index < -0.39 is 0 Å². The largest absolute Gasteiger partial charge is 0.351 e. The molecule has 5 nitrogen and oxygen atoms in total. The van der Waals surface area contributed by atoms with Gasteiger partial charge in [-0.15, -0.1) is 0 Å². The minimum absolute atomic E-state index is 0.172. The van der Waals surface area contributed by atoms with Crippen molar-refractivity contribution in [2.45, 2.75) is 20.3 Å². The third-order valence-electron chi connectivity index (χ3n) is 2.93. The van der Waals surface area contributed by atoms with Gasteiger partial charge in [-0.3, -0.25) is 4.79 Å². The van der Waals surface area contributed by atoms with Gasteiger partial charge in [-0.1, -0.05) is 32.0 Å². The molecule has 0 fully saturated rings. The fourth-order valence-electron chi connectivity index (χ4n) is 1.76. The first-order chi connectivity index (χ1) is 10.1. The van der Waals surface area contributed by atoms with Gasteiger partial charge in [-0.2, -0.15) is 0 Å². The lowest BCUT2D eigenvalue weighted by atomic mass is 10.1.